The molecule has 0 fully saturated rings. The molecule has 0 saturated heterocycles. The summed E-state index contributed by atoms with van der Waals surface area (Å²) in [4.78, 5) is 11.6. The van der Waals surface area contributed by atoms with Gasteiger partial charge in [-0.1, -0.05) is 15.9 Å². The molecule has 18 heavy (non-hydrogen) atoms. The van der Waals surface area contributed by atoms with Crippen LogP contribution in [-0.2, 0) is 14.3 Å². The van der Waals surface area contributed by atoms with Crippen LogP contribution in [0.25, 0.3) is 0 Å². The average Bonchev–Trinajstić information content (AvgIpc) is 2.34. The summed E-state index contributed by atoms with van der Waals surface area (Å²) in [6.07, 6.45) is 1.10. The smallest absolute Gasteiger partial charge is 0.294 e. The van der Waals surface area contributed by atoms with E-state index in [2.05, 4.69) is 21.2 Å². The van der Waals surface area contributed by atoms with Crippen molar-refractivity contribution in [1.82, 2.24) is 0 Å². The van der Waals surface area contributed by atoms with E-state index < -0.39 is 23.2 Å². The van der Waals surface area contributed by atoms with Gasteiger partial charge < -0.3 is 14.8 Å². The lowest BCUT2D eigenvalue weighted by Crippen LogP contribution is -2.22. The predicted molar refractivity (Wildman–Crippen MR) is 62.7 cm³/mol. The number of hydrogen-bond acceptors (Lipinski definition) is 3. The van der Waals surface area contributed by atoms with Gasteiger partial charge in [-0.3, -0.25) is 4.79 Å². The summed E-state index contributed by atoms with van der Waals surface area (Å²) < 4.78 is 37.0. The van der Waals surface area contributed by atoms with E-state index in [-0.39, 0.29) is 16.8 Å². The van der Waals surface area contributed by atoms with Crippen LogP contribution in [0.1, 0.15) is 0 Å². The largest absolute Gasteiger partial charge is 0.494 e. The third-order valence-electron chi connectivity index (χ3n) is 2.12. The number of carbonyl (C=O) groups excluding carboxylic acids is 1. The Balaban J connectivity index is 2.19. The minimum absolute atomic E-state index is 0.122. The van der Waals surface area contributed by atoms with Crippen molar-refractivity contribution in [2.75, 3.05) is 18.5 Å². The fourth-order valence-electron chi connectivity index (χ4n) is 1.32. The first-order valence-corrected chi connectivity index (χ1v) is 5.77. The maximum atomic E-state index is 13.5. The third kappa shape index (κ3) is 2.79. The van der Waals surface area contributed by atoms with E-state index in [1.54, 1.807) is 0 Å². The van der Waals surface area contributed by atoms with Crippen LogP contribution < -0.4 is 5.32 Å². The molecule has 7 heteroatoms. The Hall–Kier alpha value is -1.63. The minimum atomic E-state index is -0.882. The maximum absolute atomic E-state index is 13.5. The summed E-state index contributed by atoms with van der Waals surface area (Å²) in [5.74, 6) is -2.65. The van der Waals surface area contributed by atoms with E-state index >= 15 is 0 Å². The van der Waals surface area contributed by atoms with Gasteiger partial charge >= 0.3 is 0 Å². The van der Waals surface area contributed by atoms with Crippen LogP contribution in [0.15, 0.2) is 28.6 Å². The molecule has 1 aliphatic heterocycles. The number of benzene rings is 1. The number of rotatable bonds is 2. The number of carbonyl (C=O) groups is 1. The summed E-state index contributed by atoms with van der Waals surface area (Å²) in [5.41, 5.74) is -0.529. The Labute approximate surface area is 110 Å². The van der Waals surface area contributed by atoms with Gasteiger partial charge in [0.1, 0.15) is 25.2 Å². The van der Waals surface area contributed by atoms with E-state index in [9.17, 15) is 13.6 Å². The molecule has 1 amide bonds. The summed E-state index contributed by atoms with van der Waals surface area (Å²) in [5, 5.41) is 2.09. The molecular weight excluding hydrogens is 312 g/mol. The molecular formula is C11H8BrF2NO3. The van der Waals surface area contributed by atoms with Crippen molar-refractivity contribution in [2.24, 2.45) is 0 Å². The number of halogens is 3. The fraction of sp³-hybridized carbons (Fsp3) is 0.182. The number of ether oxygens (including phenoxy) is 2. The van der Waals surface area contributed by atoms with Crippen LogP contribution in [0.4, 0.5) is 14.5 Å². The first-order chi connectivity index (χ1) is 8.58. The molecule has 0 bridgehead atoms. The van der Waals surface area contributed by atoms with Crippen LogP contribution >= 0.6 is 15.9 Å². The molecule has 0 radical (unpaired) electrons. The Kier molecular flexibility index (Phi) is 3.81. The average molecular weight is 320 g/mol. The topological polar surface area (TPSA) is 47.6 Å². The van der Waals surface area contributed by atoms with Crippen molar-refractivity contribution in [3.05, 3.63) is 40.3 Å². The Morgan fingerprint density at radius 2 is 1.94 bits per heavy atom. The molecule has 1 aromatic rings. The van der Waals surface area contributed by atoms with Gasteiger partial charge in [0, 0.05) is 4.47 Å². The maximum Gasteiger partial charge on any atom is 0.294 e. The van der Waals surface area contributed by atoms with Gasteiger partial charge in [0.25, 0.3) is 5.91 Å². The SMILES string of the molecule is O=C(Nc1c(F)cc(Br)cc1F)C1=COCCO1. The second-order valence-electron chi connectivity index (χ2n) is 3.40. The highest BCUT2D eigenvalue weighted by atomic mass is 79.9. The number of anilines is 1. The van der Waals surface area contributed by atoms with Crippen LogP contribution in [-0.4, -0.2) is 19.1 Å². The van der Waals surface area contributed by atoms with E-state index in [0.717, 1.165) is 18.4 Å². The van der Waals surface area contributed by atoms with Gasteiger partial charge in [0.2, 0.25) is 5.76 Å². The van der Waals surface area contributed by atoms with E-state index in [0.29, 0.717) is 6.61 Å². The highest BCUT2D eigenvalue weighted by molar-refractivity contribution is 9.10. The third-order valence-corrected chi connectivity index (χ3v) is 2.58. The van der Waals surface area contributed by atoms with Gasteiger partial charge in [-0.2, -0.15) is 0 Å². The van der Waals surface area contributed by atoms with Gasteiger partial charge in [-0.05, 0) is 12.1 Å². The van der Waals surface area contributed by atoms with Crippen molar-refractivity contribution in [3.8, 4) is 0 Å². The quantitative estimate of drug-likeness (QED) is 0.911. The molecule has 2 rings (SSSR count). The van der Waals surface area contributed by atoms with Crippen LogP contribution in [0.5, 0.6) is 0 Å². The van der Waals surface area contributed by atoms with E-state index in [1.807, 2.05) is 0 Å². The van der Waals surface area contributed by atoms with Gasteiger partial charge in [0.05, 0.1) is 0 Å². The normalized spacial score (nSPS) is 14.3. The Morgan fingerprint density at radius 3 is 2.50 bits per heavy atom. The first kappa shape index (κ1) is 12.8. The molecule has 0 aromatic heterocycles. The molecule has 0 aliphatic carbocycles. The minimum Gasteiger partial charge on any atom is -0.494 e. The van der Waals surface area contributed by atoms with E-state index in [1.165, 1.54) is 0 Å². The summed E-state index contributed by atoms with van der Waals surface area (Å²) in [6.45, 7) is 0.544. The van der Waals surface area contributed by atoms with Crippen molar-refractivity contribution in [3.63, 3.8) is 0 Å². The predicted octanol–water partition coefficient (Wildman–Crippen LogP) is 2.55. The zero-order chi connectivity index (χ0) is 13.1. The molecule has 1 N–H and O–H groups in total. The van der Waals surface area contributed by atoms with Crippen LogP contribution in [0, 0.1) is 11.6 Å². The lowest BCUT2D eigenvalue weighted by molar-refractivity contribution is -0.117. The zero-order valence-electron chi connectivity index (χ0n) is 9.00. The lowest BCUT2D eigenvalue weighted by Gasteiger charge is -2.15. The number of nitrogens with one attached hydrogen (secondary N) is 1. The van der Waals surface area contributed by atoms with Crippen molar-refractivity contribution in [2.45, 2.75) is 0 Å². The first-order valence-electron chi connectivity index (χ1n) is 4.98. The molecule has 1 heterocycles. The Bertz CT molecular complexity index is 496. The molecule has 0 saturated carbocycles. The molecule has 1 aliphatic rings. The van der Waals surface area contributed by atoms with Crippen molar-refractivity contribution < 1.29 is 23.0 Å². The van der Waals surface area contributed by atoms with Gasteiger partial charge in [-0.15, -0.1) is 0 Å². The molecule has 0 unspecified atom stereocenters. The summed E-state index contributed by atoms with van der Waals surface area (Å²) in [6, 6.07) is 2.09. The second-order valence-corrected chi connectivity index (χ2v) is 4.32. The van der Waals surface area contributed by atoms with Crippen LogP contribution in [0.3, 0.4) is 0 Å². The number of hydrogen-bond donors (Lipinski definition) is 1. The standard InChI is InChI=1S/C11H8BrF2NO3/c12-6-3-7(13)10(8(14)4-6)15-11(16)9-5-17-1-2-18-9/h3-5H,1-2H2,(H,15,16). The fourth-order valence-corrected chi connectivity index (χ4v) is 1.73. The molecule has 96 valence electrons. The number of amides is 1. The Morgan fingerprint density at radius 1 is 1.28 bits per heavy atom. The molecule has 0 spiro atoms. The highest BCUT2D eigenvalue weighted by Gasteiger charge is 2.19. The van der Waals surface area contributed by atoms with Gasteiger partial charge in [-0.25, -0.2) is 8.78 Å². The monoisotopic (exact) mass is 319 g/mol. The summed E-state index contributed by atoms with van der Waals surface area (Å²) >= 11 is 2.94. The molecule has 4 nitrogen and oxygen atoms in total. The lowest BCUT2D eigenvalue weighted by atomic mass is 10.3. The van der Waals surface area contributed by atoms with Crippen molar-refractivity contribution >= 4 is 27.5 Å². The van der Waals surface area contributed by atoms with Gasteiger partial charge in [0.15, 0.2) is 11.6 Å². The highest BCUT2D eigenvalue weighted by Crippen LogP contribution is 2.24. The molecule has 0 atom stereocenters. The summed E-state index contributed by atoms with van der Waals surface area (Å²) in [7, 11) is 0. The van der Waals surface area contributed by atoms with Crippen molar-refractivity contribution in [1.29, 1.82) is 0 Å². The second kappa shape index (κ2) is 5.34. The van der Waals surface area contributed by atoms with Crippen LogP contribution in [0.2, 0.25) is 0 Å². The molecule has 1 aromatic carbocycles. The zero-order valence-corrected chi connectivity index (χ0v) is 10.6. The van der Waals surface area contributed by atoms with E-state index in [4.69, 9.17) is 9.47 Å².